The van der Waals surface area contributed by atoms with Crippen LogP contribution in [0.5, 0.6) is 0 Å². The first-order valence-electron chi connectivity index (χ1n) is 6.34. The SMILES string of the molecule is CN1C(=O)CCN(C2CCCC2)c2[nH]ncc21. The molecule has 0 spiro atoms. The molecule has 1 saturated carbocycles. The third-order valence-corrected chi connectivity index (χ3v) is 3.95. The lowest BCUT2D eigenvalue weighted by Gasteiger charge is -2.28. The number of aromatic amines is 1. The predicted molar refractivity (Wildman–Crippen MR) is 66.2 cm³/mol. The molecule has 2 heterocycles. The lowest BCUT2D eigenvalue weighted by Crippen LogP contribution is -2.34. The number of rotatable bonds is 1. The first kappa shape index (κ1) is 10.6. The van der Waals surface area contributed by atoms with E-state index < -0.39 is 0 Å². The average Bonchev–Trinajstić information content (AvgIpc) is 2.97. The van der Waals surface area contributed by atoms with Gasteiger partial charge in [-0.25, -0.2) is 0 Å². The molecule has 3 rings (SSSR count). The molecule has 0 unspecified atom stereocenters. The van der Waals surface area contributed by atoms with Crippen molar-refractivity contribution in [3.63, 3.8) is 0 Å². The molecular formula is C12H18N4O. The minimum Gasteiger partial charge on any atom is -0.352 e. The molecule has 1 fully saturated rings. The maximum atomic E-state index is 11.9. The van der Waals surface area contributed by atoms with Crippen LogP contribution in [0.15, 0.2) is 6.20 Å². The molecule has 1 aromatic rings. The number of nitrogens with zero attached hydrogens (tertiary/aromatic N) is 3. The number of aromatic nitrogens is 2. The molecule has 0 atom stereocenters. The summed E-state index contributed by atoms with van der Waals surface area (Å²) in [5.41, 5.74) is 0.916. The fourth-order valence-electron chi connectivity index (χ4n) is 2.94. The summed E-state index contributed by atoms with van der Waals surface area (Å²) in [5.74, 6) is 1.19. The zero-order valence-corrected chi connectivity index (χ0v) is 10.1. The fraction of sp³-hybridized carbons (Fsp3) is 0.667. The van der Waals surface area contributed by atoms with E-state index in [1.165, 1.54) is 25.7 Å². The van der Waals surface area contributed by atoms with Crippen LogP contribution >= 0.6 is 0 Å². The second kappa shape index (κ2) is 4.05. The van der Waals surface area contributed by atoms with E-state index >= 15 is 0 Å². The van der Waals surface area contributed by atoms with Crippen molar-refractivity contribution in [2.75, 3.05) is 23.4 Å². The minimum absolute atomic E-state index is 0.174. The Hall–Kier alpha value is -1.52. The minimum atomic E-state index is 0.174. The molecule has 1 aromatic heterocycles. The molecule has 0 saturated heterocycles. The zero-order valence-electron chi connectivity index (χ0n) is 10.1. The number of fused-ring (bicyclic) bond motifs is 1. The first-order valence-corrected chi connectivity index (χ1v) is 6.34. The third-order valence-electron chi connectivity index (χ3n) is 3.95. The van der Waals surface area contributed by atoms with Gasteiger partial charge in [0.2, 0.25) is 5.91 Å². The summed E-state index contributed by atoms with van der Waals surface area (Å²) in [4.78, 5) is 16.0. The molecule has 5 nitrogen and oxygen atoms in total. The topological polar surface area (TPSA) is 52.2 Å². The van der Waals surface area contributed by atoms with Crippen molar-refractivity contribution in [1.82, 2.24) is 10.2 Å². The Morgan fingerprint density at radius 1 is 1.41 bits per heavy atom. The van der Waals surface area contributed by atoms with Crippen LogP contribution in [-0.2, 0) is 4.79 Å². The van der Waals surface area contributed by atoms with Gasteiger partial charge in [0.25, 0.3) is 0 Å². The molecule has 0 aromatic carbocycles. The molecule has 1 aliphatic carbocycles. The molecule has 0 bridgehead atoms. The summed E-state index contributed by atoms with van der Waals surface area (Å²) in [6, 6.07) is 0.577. The number of hydrogen-bond donors (Lipinski definition) is 1. The van der Waals surface area contributed by atoms with E-state index in [4.69, 9.17) is 0 Å². The van der Waals surface area contributed by atoms with Gasteiger partial charge in [0.1, 0.15) is 11.5 Å². The van der Waals surface area contributed by atoms with Gasteiger partial charge in [0.15, 0.2) is 0 Å². The van der Waals surface area contributed by atoms with E-state index in [1.54, 1.807) is 11.1 Å². The van der Waals surface area contributed by atoms with E-state index in [9.17, 15) is 4.79 Å². The number of anilines is 2. The smallest absolute Gasteiger partial charge is 0.228 e. The Kier molecular flexibility index (Phi) is 2.53. The van der Waals surface area contributed by atoms with Gasteiger partial charge in [0, 0.05) is 26.1 Å². The van der Waals surface area contributed by atoms with Crippen LogP contribution in [0.1, 0.15) is 32.1 Å². The Bertz CT molecular complexity index is 422. The second-order valence-electron chi connectivity index (χ2n) is 4.94. The number of amides is 1. The predicted octanol–water partition coefficient (Wildman–Crippen LogP) is 1.53. The van der Waals surface area contributed by atoms with Gasteiger partial charge in [-0.1, -0.05) is 12.8 Å². The van der Waals surface area contributed by atoms with E-state index in [0.29, 0.717) is 12.5 Å². The van der Waals surface area contributed by atoms with Gasteiger partial charge in [-0.15, -0.1) is 0 Å². The summed E-state index contributed by atoms with van der Waals surface area (Å²) in [5, 5.41) is 7.15. The molecule has 1 amide bonds. The Balaban J connectivity index is 1.96. The summed E-state index contributed by atoms with van der Waals surface area (Å²) < 4.78 is 0. The molecule has 92 valence electrons. The highest BCUT2D eigenvalue weighted by Gasteiger charge is 2.30. The van der Waals surface area contributed by atoms with Gasteiger partial charge < -0.3 is 9.80 Å². The van der Waals surface area contributed by atoms with Crippen molar-refractivity contribution in [3.8, 4) is 0 Å². The maximum absolute atomic E-state index is 11.9. The number of H-pyrrole nitrogens is 1. The van der Waals surface area contributed by atoms with Crippen LogP contribution in [0.25, 0.3) is 0 Å². The molecule has 1 N–H and O–H groups in total. The molecular weight excluding hydrogens is 216 g/mol. The standard InChI is InChI=1S/C12H18N4O/c1-15-10-8-13-14-12(10)16(7-6-11(15)17)9-4-2-3-5-9/h8-9H,2-7H2,1H3,(H,13,14). The highest BCUT2D eigenvalue weighted by Crippen LogP contribution is 2.34. The van der Waals surface area contributed by atoms with Crippen molar-refractivity contribution in [2.45, 2.75) is 38.1 Å². The third kappa shape index (κ3) is 1.69. The van der Waals surface area contributed by atoms with Gasteiger partial charge in [-0.2, -0.15) is 5.10 Å². The molecule has 2 aliphatic rings. The van der Waals surface area contributed by atoms with Crippen molar-refractivity contribution < 1.29 is 4.79 Å². The lowest BCUT2D eigenvalue weighted by molar-refractivity contribution is -0.118. The normalized spacial score (nSPS) is 21.8. The van der Waals surface area contributed by atoms with E-state index in [0.717, 1.165) is 18.1 Å². The van der Waals surface area contributed by atoms with Crippen molar-refractivity contribution in [3.05, 3.63) is 6.20 Å². The number of carbonyl (C=O) groups is 1. The van der Waals surface area contributed by atoms with Crippen LogP contribution < -0.4 is 9.80 Å². The van der Waals surface area contributed by atoms with Crippen LogP contribution in [0.3, 0.4) is 0 Å². The van der Waals surface area contributed by atoms with Gasteiger partial charge >= 0.3 is 0 Å². The fourth-order valence-corrected chi connectivity index (χ4v) is 2.94. The second-order valence-corrected chi connectivity index (χ2v) is 4.94. The van der Waals surface area contributed by atoms with Crippen LogP contribution in [0.2, 0.25) is 0 Å². The summed E-state index contributed by atoms with van der Waals surface area (Å²) in [6.07, 6.45) is 7.41. The Labute approximate surface area is 101 Å². The van der Waals surface area contributed by atoms with Crippen LogP contribution in [-0.4, -0.2) is 35.7 Å². The number of nitrogens with one attached hydrogen (secondary N) is 1. The van der Waals surface area contributed by atoms with Crippen LogP contribution in [0.4, 0.5) is 11.5 Å². The lowest BCUT2D eigenvalue weighted by atomic mass is 10.2. The van der Waals surface area contributed by atoms with Gasteiger partial charge in [0.05, 0.1) is 6.20 Å². The van der Waals surface area contributed by atoms with Gasteiger partial charge in [-0.3, -0.25) is 9.89 Å². The Morgan fingerprint density at radius 2 is 2.18 bits per heavy atom. The zero-order chi connectivity index (χ0) is 11.8. The molecule has 17 heavy (non-hydrogen) atoms. The number of carbonyl (C=O) groups excluding carboxylic acids is 1. The number of hydrogen-bond acceptors (Lipinski definition) is 3. The van der Waals surface area contributed by atoms with E-state index in [2.05, 4.69) is 15.1 Å². The molecule has 5 heteroatoms. The van der Waals surface area contributed by atoms with Gasteiger partial charge in [-0.05, 0) is 12.8 Å². The maximum Gasteiger partial charge on any atom is 0.228 e. The summed E-state index contributed by atoms with van der Waals surface area (Å²) in [7, 11) is 1.83. The highest BCUT2D eigenvalue weighted by atomic mass is 16.2. The van der Waals surface area contributed by atoms with Crippen molar-refractivity contribution >= 4 is 17.4 Å². The van der Waals surface area contributed by atoms with E-state index in [-0.39, 0.29) is 5.91 Å². The molecule has 0 radical (unpaired) electrons. The van der Waals surface area contributed by atoms with E-state index in [1.807, 2.05) is 7.05 Å². The largest absolute Gasteiger partial charge is 0.352 e. The average molecular weight is 234 g/mol. The summed E-state index contributed by atoms with van der Waals surface area (Å²) in [6.45, 7) is 0.809. The van der Waals surface area contributed by atoms with Crippen LogP contribution in [0, 0.1) is 0 Å². The molecule has 1 aliphatic heterocycles. The summed E-state index contributed by atoms with van der Waals surface area (Å²) >= 11 is 0. The van der Waals surface area contributed by atoms with Crippen molar-refractivity contribution in [1.29, 1.82) is 0 Å². The van der Waals surface area contributed by atoms with Crippen molar-refractivity contribution in [2.24, 2.45) is 0 Å². The monoisotopic (exact) mass is 234 g/mol. The quantitative estimate of drug-likeness (QED) is 0.801. The highest BCUT2D eigenvalue weighted by molar-refractivity contribution is 5.97. The Morgan fingerprint density at radius 3 is 2.94 bits per heavy atom. The first-order chi connectivity index (χ1) is 8.27.